The van der Waals surface area contributed by atoms with Crippen LogP contribution in [0.3, 0.4) is 0 Å². The van der Waals surface area contributed by atoms with E-state index in [1.165, 1.54) is 0 Å². The first kappa shape index (κ1) is 9.11. The summed E-state index contributed by atoms with van der Waals surface area (Å²) < 4.78 is 0. The predicted octanol–water partition coefficient (Wildman–Crippen LogP) is -1.30. The Morgan fingerprint density at radius 2 is 2.00 bits per heavy atom. The van der Waals surface area contributed by atoms with Gasteiger partial charge in [0, 0.05) is 18.6 Å². The van der Waals surface area contributed by atoms with E-state index in [0.29, 0.717) is 12.0 Å². The number of amides is 3. The molecule has 2 aliphatic heterocycles. The Labute approximate surface area is 87.1 Å². The predicted molar refractivity (Wildman–Crippen MR) is 51.6 cm³/mol. The Bertz CT molecular complexity index is 319. The third kappa shape index (κ3) is 1.40. The van der Waals surface area contributed by atoms with Gasteiger partial charge in [0.15, 0.2) is 0 Å². The van der Waals surface area contributed by atoms with E-state index in [4.69, 9.17) is 0 Å². The minimum absolute atomic E-state index is 0.0000926. The molecule has 3 fully saturated rings. The lowest BCUT2D eigenvalue weighted by molar-refractivity contribution is -0.127. The van der Waals surface area contributed by atoms with Crippen LogP contribution in [0.5, 0.6) is 0 Å². The summed E-state index contributed by atoms with van der Waals surface area (Å²) in [5, 5.41) is 5.15. The highest BCUT2D eigenvalue weighted by atomic mass is 16.2. The second-order valence-electron chi connectivity index (χ2n) is 4.54. The van der Waals surface area contributed by atoms with Gasteiger partial charge in [0.1, 0.15) is 0 Å². The fourth-order valence-electron chi connectivity index (χ4n) is 2.87. The number of fused-ring (bicyclic) bond motifs is 2. The summed E-state index contributed by atoms with van der Waals surface area (Å²) in [6.45, 7) is 0.912. The van der Waals surface area contributed by atoms with Crippen LogP contribution in [-0.2, 0) is 4.79 Å². The Kier molecular flexibility index (Phi) is 1.93. The molecule has 6 heteroatoms. The van der Waals surface area contributed by atoms with Gasteiger partial charge in [-0.15, -0.1) is 0 Å². The standard InChI is InChI=1S/C9H14N4O2/c14-8-5-1-4-3-10-13-6(4)2-7(5)11-9(15)12-8/h4-7,10,13H,1-3H2,(H2,11,12,14,15). The fourth-order valence-corrected chi connectivity index (χ4v) is 2.87. The lowest BCUT2D eigenvalue weighted by Crippen LogP contribution is -2.62. The molecule has 0 bridgehead atoms. The van der Waals surface area contributed by atoms with Crippen LogP contribution >= 0.6 is 0 Å². The van der Waals surface area contributed by atoms with Crippen LogP contribution in [0, 0.1) is 11.8 Å². The van der Waals surface area contributed by atoms with Crippen LogP contribution in [0.2, 0.25) is 0 Å². The third-order valence-corrected chi connectivity index (χ3v) is 3.66. The van der Waals surface area contributed by atoms with E-state index >= 15 is 0 Å². The van der Waals surface area contributed by atoms with Crippen LogP contribution < -0.4 is 21.5 Å². The molecule has 1 aliphatic carbocycles. The normalized spacial score (nSPS) is 44.0. The van der Waals surface area contributed by atoms with E-state index in [9.17, 15) is 9.59 Å². The number of carbonyl (C=O) groups is 2. The van der Waals surface area contributed by atoms with Crippen molar-refractivity contribution in [2.75, 3.05) is 6.54 Å². The highest BCUT2D eigenvalue weighted by molar-refractivity contribution is 5.98. The summed E-state index contributed by atoms with van der Waals surface area (Å²) in [6, 6.07) is 0.0306. The Hall–Kier alpha value is -1.14. The van der Waals surface area contributed by atoms with E-state index in [-0.39, 0.29) is 23.9 Å². The quantitative estimate of drug-likeness (QED) is 0.400. The zero-order chi connectivity index (χ0) is 10.4. The molecule has 2 saturated heterocycles. The fraction of sp³-hybridized carbons (Fsp3) is 0.778. The molecule has 4 N–H and O–H groups in total. The highest BCUT2D eigenvalue weighted by Crippen LogP contribution is 2.32. The molecular formula is C9H14N4O2. The first-order valence-electron chi connectivity index (χ1n) is 5.34. The molecule has 4 unspecified atom stereocenters. The first-order valence-corrected chi connectivity index (χ1v) is 5.34. The first-order chi connectivity index (χ1) is 7.24. The SMILES string of the molecule is O=C1NC(=O)C2CC3CNNC3CC2N1. The lowest BCUT2D eigenvalue weighted by atomic mass is 9.74. The molecule has 15 heavy (non-hydrogen) atoms. The molecule has 2 heterocycles. The molecule has 3 rings (SSSR count). The van der Waals surface area contributed by atoms with Gasteiger partial charge in [0.25, 0.3) is 0 Å². The van der Waals surface area contributed by atoms with Crippen LogP contribution in [-0.4, -0.2) is 30.6 Å². The van der Waals surface area contributed by atoms with Crippen LogP contribution in [0.4, 0.5) is 4.79 Å². The lowest BCUT2D eigenvalue weighted by Gasteiger charge is -2.39. The van der Waals surface area contributed by atoms with Crippen molar-refractivity contribution in [3.8, 4) is 0 Å². The number of hydrogen-bond donors (Lipinski definition) is 4. The number of carbonyl (C=O) groups excluding carboxylic acids is 2. The molecule has 3 amide bonds. The summed E-state index contributed by atoms with van der Waals surface area (Å²) in [5.41, 5.74) is 6.29. The topological polar surface area (TPSA) is 82.3 Å². The third-order valence-electron chi connectivity index (χ3n) is 3.66. The molecule has 0 aromatic rings. The summed E-state index contributed by atoms with van der Waals surface area (Å²) in [6.07, 6.45) is 1.68. The molecule has 0 aromatic heterocycles. The van der Waals surface area contributed by atoms with Gasteiger partial charge < -0.3 is 5.32 Å². The number of imide groups is 1. The van der Waals surface area contributed by atoms with Crippen molar-refractivity contribution in [2.24, 2.45) is 11.8 Å². The number of nitrogens with one attached hydrogen (secondary N) is 4. The summed E-state index contributed by atoms with van der Waals surface area (Å²) in [7, 11) is 0. The molecular weight excluding hydrogens is 196 g/mol. The van der Waals surface area contributed by atoms with Crippen molar-refractivity contribution < 1.29 is 9.59 Å². The van der Waals surface area contributed by atoms with E-state index in [2.05, 4.69) is 21.5 Å². The molecule has 6 nitrogen and oxygen atoms in total. The molecule has 0 aromatic carbocycles. The summed E-state index contributed by atoms with van der Waals surface area (Å²) >= 11 is 0. The molecule has 1 saturated carbocycles. The maximum absolute atomic E-state index is 11.6. The van der Waals surface area contributed by atoms with Crippen molar-refractivity contribution in [1.29, 1.82) is 0 Å². The van der Waals surface area contributed by atoms with Gasteiger partial charge >= 0.3 is 6.03 Å². The Morgan fingerprint density at radius 1 is 1.13 bits per heavy atom. The zero-order valence-electron chi connectivity index (χ0n) is 8.25. The van der Waals surface area contributed by atoms with Gasteiger partial charge in [-0.3, -0.25) is 21.0 Å². The minimum atomic E-state index is -0.356. The van der Waals surface area contributed by atoms with Gasteiger partial charge in [-0.2, -0.15) is 0 Å². The van der Waals surface area contributed by atoms with Crippen molar-refractivity contribution >= 4 is 11.9 Å². The number of urea groups is 1. The van der Waals surface area contributed by atoms with E-state index in [1.807, 2.05) is 0 Å². The van der Waals surface area contributed by atoms with Crippen LogP contribution in [0.25, 0.3) is 0 Å². The number of hydrogen-bond acceptors (Lipinski definition) is 4. The maximum Gasteiger partial charge on any atom is 0.321 e. The van der Waals surface area contributed by atoms with Gasteiger partial charge in [-0.05, 0) is 18.8 Å². The minimum Gasteiger partial charge on any atom is -0.334 e. The summed E-state index contributed by atoms with van der Waals surface area (Å²) in [5.74, 6) is 0.340. The van der Waals surface area contributed by atoms with Crippen LogP contribution in [0.1, 0.15) is 12.8 Å². The second kappa shape index (κ2) is 3.18. The highest BCUT2D eigenvalue weighted by Gasteiger charge is 2.45. The Balaban J connectivity index is 1.80. The Morgan fingerprint density at radius 3 is 2.87 bits per heavy atom. The smallest absolute Gasteiger partial charge is 0.321 e. The van der Waals surface area contributed by atoms with E-state index in [1.54, 1.807) is 0 Å². The molecule has 3 aliphatic rings. The van der Waals surface area contributed by atoms with Gasteiger partial charge in [0.05, 0.1) is 5.92 Å². The number of rotatable bonds is 0. The van der Waals surface area contributed by atoms with Gasteiger partial charge in [-0.1, -0.05) is 0 Å². The van der Waals surface area contributed by atoms with Crippen molar-refractivity contribution in [1.82, 2.24) is 21.5 Å². The molecule has 82 valence electrons. The van der Waals surface area contributed by atoms with Crippen molar-refractivity contribution in [3.05, 3.63) is 0 Å². The van der Waals surface area contributed by atoms with Crippen LogP contribution in [0.15, 0.2) is 0 Å². The molecule has 0 spiro atoms. The average Bonchev–Trinajstić information content (AvgIpc) is 2.61. The average molecular weight is 210 g/mol. The molecule has 4 atom stereocenters. The van der Waals surface area contributed by atoms with E-state index in [0.717, 1.165) is 19.4 Å². The monoisotopic (exact) mass is 210 g/mol. The number of hydrazine groups is 1. The van der Waals surface area contributed by atoms with E-state index < -0.39 is 0 Å². The molecule has 0 radical (unpaired) electrons. The largest absolute Gasteiger partial charge is 0.334 e. The summed E-state index contributed by atoms with van der Waals surface area (Å²) in [4.78, 5) is 22.8. The van der Waals surface area contributed by atoms with Crippen molar-refractivity contribution in [2.45, 2.75) is 24.9 Å². The zero-order valence-corrected chi connectivity index (χ0v) is 8.25. The van der Waals surface area contributed by atoms with Gasteiger partial charge in [0.2, 0.25) is 5.91 Å². The van der Waals surface area contributed by atoms with Gasteiger partial charge in [-0.25, -0.2) is 4.79 Å². The van der Waals surface area contributed by atoms with Crippen molar-refractivity contribution in [3.63, 3.8) is 0 Å². The second-order valence-corrected chi connectivity index (χ2v) is 4.54. The maximum atomic E-state index is 11.6.